The standard InChI is InChI=1S/C14H9N3O2/c18-17(19)13-8-4-7-11-14(13)16-12(9-15-11)10-5-2-1-3-6-10/h1-9H. The molecule has 1 heterocycles. The lowest BCUT2D eigenvalue weighted by Gasteiger charge is -2.02. The van der Waals surface area contributed by atoms with Gasteiger partial charge in [0.1, 0.15) is 0 Å². The molecule has 0 aliphatic carbocycles. The Labute approximate surface area is 108 Å². The Morgan fingerprint density at radius 1 is 1.00 bits per heavy atom. The first-order chi connectivity index (χ1) is 9.25. The third-order valence-electron chi connectivity index (χ3n) is 2.82. The summed E-state index contributed by atoms with van der Waals surface area (Å²) in [6.45, 7) is 0. The molecule has 5 heteroatoms. The molecule has 92 valence electrons. The average Bonchev–Trinajstić information content (AvgIpc) is 2.47. The molecule has 0 saturated heterocycles. The van der Waals surface area contributed by atoms with E-state index < -0.39 is 4.92 Å². The largest absolute Gasteiger partial charge is 0.297 e. The molecule has 0 spiro atoms. The van der Waals surface area contributed by atoms with Crippen molar-refractivity contribution in [2.45, 2.75) is 0 Å². The second-order valence-corrected chi connectivity index (χ2v) is 4.02. The van der Waals surface area contributed by atoms with Crippen LogP contribution in [0.2, 0.25) is 0 Å². The molecule has 0 unspecified atom stereocenters. The van der Waals surface area contributed by atoms with Gasteiger partial charge in [0.25, 0.3) is 5.69 Å². The number of non-ortho nitro benzene ring substituents is 1. The van der Waals surface area contributed by atoms with E-state index in [1.807, 2.05) is 30.3 Å². The zero-order valence-corrected chi connectivity index (χ0v) is 9.85. The quantitative estimate of drug-likeness (QED) is 0.518. The van der Waals surface area contributed by atoms with E-state index in [1.54, 1.807) is 18.3 Å². The van der Waals surface area contributed by atoms with E-state index in [4.69, 9.17) is 0 Å². The highest BCUT2D eigenvalue weighted by Crippen LogP contribution is 2.25. The van der Waals surface area contributed by atoms with Gasteiger partial charge in [-0.05, 0) is 6.07 Å². The van der Waals surface area contributed by atoms with E-state index in [0.29, 0.717) is 16.7 Å². The fourth-order valence-corrected chi connectivity index (χ4v) is 1.91. The molecule has 0 bridgehead atoms. The molecular weight excluding hydrogens is 242 g/mol. The normalized spacial score (nSPS) is 10.5. The maximum absolute atomic E-state index is 11.0. The lowest BCUT2D eigenvalue weighted by molar-refractivity contribution is -0.383. The maximum atomic E-state index is 11.0. The molecule has 0 amide bonds. The van der Waals surface area contributed by atoms with Crippen LogP contribution in [-0.4, -0.2) is 14.9 Å². The number of rotatable bonds is 2. The van der Waals surface area contributed by atoms with Crippen molar-refractivity contribution < 1.29 is 4.92 Å². The summed E-state index contributed by atoms with van der Waals surface area (Å²) in [5.41, 5.74) is 2.32. The molecule has 3 aromatic rings. The van der Waals surface area contributed by atoms with Crippen LogP contribution in [-0.2, 0) is 0 Å². The monoisotopic (exact) mass is 251 g/mol. The number of para-hydroxylation sites is 1. The van der Waals surface area contributed by atoms with Crippen molar-refractivity contribution in [1.82, 2.24) is 9.97 Å². The van der Waals surface area contributed by atoms with E-state index in [1.165, 1.54) is 6.07 Å². The summed E-state index contributed by atoms with van der Waals surface area (Å²) in [6, 6.07) is 14.2. The molecule has 0 atom stereocenters. The van der Waals surface area contributed by atoms with Gasteiger partial charge in [-0.15, -0.1) is 0 Å². The zero-order chi connectivity index (χ0) is 13.2. The van der Waals surface area contributed by atoms with Crippen molar-refractivity contribution in [1.29, 1.82) is 0 Å². The molecule has 0 saturated carbocycles. The van der Waals surface area contributed by atoms with Gasteiger partial charge in [-0.25, -0.2) is 4.98 Å². The van der Waals surface area contributed by atoms with Crippen LogP contribution in [0.5, 0.6) is 0 Å². The van der Waals surface area contributed by atoms with Crippen molar-refractivity contribution in [2.75, 3.05) is 0 Å². The summed E-state index contributed by atoms with van der Waals surface area (Å²) >= 11 is 0. The fraction of sp³-hybridized carbons (Fsp3) is 0. The summed E-state index contributed by atoms with van der Waals surface area (Å²) in [4.78, 5) is 19.2. The van der Waals surface area contributed by atoms with Crippen LogP contribution in [0.15, 0.2) is 54.7 Å². The second kappa shape index (κ2) is 4.45. The predicted octanol–water partition coefficient (Wildman–Crippen LogP) is 3.21. The minimum absolute atomic E-state index is 0.0252. The number of aromatic nitrogens is 2. The van der Waals surface area contributed by atoms with Gasteiger partial charge < -0.3 is 0 Å². The predicted molar refractivity (Wildman–Crippen MR) is 71.6 cm³/mol. The van der Waals surface area contributed by atoms with Gasteiger partial charge in [-0.3, -0.25) is 15.1 Å². The van der Waals surface area contributed by atoms with Gasteiger partial charge in [0.2, 0.25) is 0 Å². The molecule has 0 N–H and O–H groups in total. The Balaban J connectivity index is 2.25. The fourth-order valence-electron chi connectivity index (χ4n) is 1.91. The lowest BCUT2D eigenvalue weighted by atomic mass is 10.1. The first-order valence-corrected chi connectivity index (χ1v) is 5.71. The van der Waals surface area contributed by atoms with Crippen molar-refractivity contribution >= 4 is 16.7 Å². The SMILES string of the molecule is O=[N+]([O-])c1cccc2ncc(-c3ccccc3)nc12. The van der Waals surface area contributed by atoms with Crippen LogP contribution in [0.1, 0.15) is 0 Å². The molecule has 0 fully saturated rings. The summed E-state index contributed by atoms with van der Waals surface area (Å²) in [7, 11) is 0. The van der Waals surface area contributed by atoms with Crippen molar-refractivity contribution in [2.24, 2.45) is 0 Å². The van der Waals surface area contributed by atoms with Crippen molar-refractivity contribution in [3.05, 3.63) is 64.8 Å². The van der Waals surface area contributed by atoms with Crippen LogP contribution >= 0.6 is 0 Å². The van der Waals surface area contributed by atoms with Gasteiger partial charge in [0.15, 0.2) is 5.52 Å². The number of benzene rings is 2. The molecule has 0 aliphatic heterocycles. The second-order valence-electron chi connectivity index (χ2n) is 4.02. The number of hydrogen-bond donors (Lipinski definition) is 0. The minimum Gasteiger partial charge on any atom is -0.258 e. The summed E-state index contributed by atoms with van der Waals surface area (Å²) in [5, 5.41) is 11.0. The molecule has 2 aromatic carbocycles. The summed E-state index contributed by atoms with van der Waals surface area (Å²) in [6.07, 6.45) is 1.63. The van der Waals surface area contributed by atoms with Crippen LogP contribution in [0, 0.1) is 10.1 Å². The first kappa shape index (κ1) is 11.3. The lowest BCUT2D eigenvalue weighted by Crippen LogP contribution is -1.94. The number of nitro benzene ring substituents is 1. The molecule has 0 aliphatic rings. The smallest absolute Gasteiger partial charge is 0.258 e. The Morgan fingerprint density at radius 3 is 2.53 bits per heavy atom. The topological polar surface area (TPSA) is 68.9 Å². The molecule has 5 nitrogen and oxygen atoms in total. The Hall–Kier alpha value is -2.82. The number of nitro groups is 1. The van der Waals surface area contributed by atoms with E-state index >= 15 is 0 Å². The van der Waals surface area contributed by atoms with E-state index in [9.17, 15) is 10.1 Å². The third-order valence-corrected chi connectivity index (χ3v) is 2.82. The van der Waals surface area contributed by atoms with Gasteiger partial charge >= 0.3 is 0 Å². The van der Waals surface area contributed by atoms with Crippen LogP contribution in [0.3, 0.4) is 0 Å². The van der Waals surface area contributed by atoms with Crippen LogP contribution in [0.25, 0.3) is 22.3 Å². The first-order valence-electron chi connectivity index (χ1n) is 5.71. The Morgan fingerprint density at radius 2 is 1.79 bits per heavy atom. The summed E-state index contributed by atoms with van der Waals surface area (Å²) in [5.74, 6) is 0. The number of hydrogen-bond acceptors (Lipinski definition) is 4. The van der Waals surface area contributed by atoms with Gasteiger partial charge in [0.05, 0.1) is 22.3 Å². The minimum atomic E-state index is -0.439. The molecule has 1 aromatic heterocycles. The Kier molecular flexibility index (Phi) is 2.64. The zero-order valence-electron chi connectivity index (χ0n) is 9.85. The van der Waals surface area contributed by atoms with Gasteiger partial charge in [-0.1, -0.05) is 36.4 Å². The molecule has 19 heavy (non-hydrogen) atoms. The van der Waals surface area contributed by atoms with Gasteiger partial charge in [-0.2, -0.15) is 0 Å². The van der Waals surface area contributed by atoms with Crippen LogP contribution < -0.4 is 0 Å². The van der Waals surface area contributed by atoms with Crippen molar-refractivity contribution in [3.8, 4) is 11.3 Å². The highest BCUT2D eigenvalue weighted by Gasteiger charge is 2.14. The highest BCUT2D eigenvalue weighted by atomic mass is 16.6. The third kappa shape index (κ3) is 2.01. The Bertz CT molecular complexity index is 757. The number of fused-ring (bicyclic) bond motifs is 1. The van der Waals surface area contributed by atoms with Crippen molar-refractivity contribution in [3.63, 3.8) is 0 Å². The van der Waals surface area contributed by atoms with E-state index in [-0.39, 0.29) is 5.69 Å². The average molecular weight is 251 g/mol. The maximum Gasteiger partial charge on any atom is 0.297 e. The molecule has 3 rings (SSSR count). The van der Waals surface area contributed by atoms with E-state index in [2.05, 4.69) is 9.97 Å². The highest BCUT2D eigenvalue weighted by molar-refractivity contribution is 5.85. The molecule has 0 radical (unpaired) electrons. The summed E-state index contributed by atoms with van der Waals surface area (Å²) < 4.78 is 0. The van der Waals surface area contributed by atoms with Crippen LogP contribution in [0.4, 0.5) is 5.69 Å². The molecular formula is C14H9N3O2. The van der Waals surface area contributed by atoms with E-state index in [0.717, 1.165) is 5.56 Å². The van der Waals surface area contributed by atoms with Gasteiger partial charge in [0, 0.05) is 11.6 Å². The number of nitrogens with zero attached hydrogens (tertiary/aromatic N) is 3.